The van der Waals surface area contributed by atoms with Gasteiger partial charge in [-0.05, 0) is 32.3 Å². The Hall–Kier alpha value is -3.41. The lowest BCUT2D eigenvalue weighted by molar-refractivity contribution is -0.142. The first-order valence-electron chi connectivity index (χ1n) is 9.12. The van der Waals surface area contributed by atoms with Crippen LogP contribution in [0, 0.1) is 5.82 Å². The molecule has 1 aromatic carbocycles. The number of likely N-dealkylation sites (N-methyl/N-ethyl adjacent to an activating group) is 2. The zero-order valence-electron chi connectivity index (χ0n) is 17.0. The minimum Gasteiger partial charge on any atom is -0.397 e. The Kier molecular flexibility index (Phi) is 5.77. The van der Waals surface area contributed by atoms with E-state index in [1.165, 1.54) is 12.1 Å². The van der Waals surface area contributed by atoms with Gasteiger partial charge in [0.05, 0.1) is 11.1 Å². The fraction of sp³-hybridized carbons (Fsp3) is 0.316. The first kappa shape index (κ1) is 22.3. The maximum absolute atomic E-state index is 14.5. The normalized spacial score (nSPS) is 12.0. The third kappa shape index (κ3) is 4.24. The molecule has 0 saturated carbocycles. The van der Waals surface area contributed by atoms with Crippen molar-refractivity contribution in [1.29, 1.82) is 0 Å². The molecule has 3 rings (SSSR count). The van der Waals surface area contributed by atoms with Gasteiger partial charge in [-0.25, -0.2) is 9.37 Å². The Morgan fingerprint density at radius 1 is 1.10 bits per heavy atom. The molecule has 0 atom stereocenters. The molecule has 166 valence electrons. The molecule has 12 heteroatoms. The summed E-state index contributed by atoms with van der Waals surface area (Å²) in [5, 5.41) is -0.284. The minimum absolute atomic E-state index is 0.0526. The molecule has 31 heavy (non-hydrogen) atoms. The van der Waals surface area contributed by atoms with E-state index in [0.29, 0.717) is 19.2 Å². The number of nitrogens with two attached hydrogens (primary N) is 2. The highest BCUT2D eigenvalue weighted by Crippen LogP contribution is 2.34. The Morgan fingerprint density at radius 2 is 1.77 bits per heavy atom. The van der Waals surface area contributed by atoms with Crippen LogP contribution in [-0.4, -0.2) is 53.7 Å². The second-order valence-corrected chi connectivity index (χ2v) is 7.24. The van der Waals surface area contributed by atoms with Gasteiger partial charge in [-0.2, -0.15) is 18.2 Å². The first-order chi connectivity index (χ1) is 14.4. The van der Waals surface area contributed by atoms with Crippen molar-refractivity contribution in [3.05, 3.63) is 46.1 Å². The molecule has 0 bridgehead atoms. The second kappa shape index (κ2) is 8.02. The fourth-order valence-electron chi connectivity index (χ4n) is 3.02. The predicted molar refractivity (Wildman–Crippen MR) is 111 cm³/mol. The molecule has 4 N–H and O–H groups in total. The molecule has 3 aromatic rings. The fourth-order valence-corrected chi connectivity index (χ4v) is 3.02. The minimum atomic E-state index is -5.00. The number of anilines is 3. The van der Waals surface area contributed by atoms with Crippen molar-refractivity contribution in [3.63, 3.8) is 0 Å². The molecule has 0 aliphatic carbocycles. The highest BCUT2D eigenvalue weighted by molar-refractivity contribution is 5.89. The van der Waals surface area contributed by atoms with E-state index in [0.717, 1.165) is 6.07 Å². The van der Waals surface area contributed by atoms with Crippen molar-refractivity contribution < 1.29 is 17.6 Å². The molecule has 2 aromatic heterocycles. The zero-order valence-corrected chi connectivity index (χ0v) is 17.0. The number of alkyl halides is 3. The zero-order chi connectivity index (χ0) is 23.1. The number of hydrogen-bond donors (Lipinski definition) is 2. The van der Waals surface area contributed by atoms with Crippen LogP contribution < -0.4 is 21.9 Å². The van der Waals surface area contributed by atoms with Crippen LogP contribution in [0.25, 0.3) is 16.6 Å². The summed E-state index contributed by atoms with van der Waals surface area (Å²) >= 11 is 0. The Bertz CT molecular complexity index is 1170. The molecular weight excluding hydrogens is 418 g/mol. The molecule has 0 fully saturated rings. The van der Waals surface area contributed by atoms with Gasteiger partial charge in [-0.15, -0.1) is 0 Å². The third-order valence-corrected chi connectivity index (χ3v) is 4.65. The van der Waals surface area contributed by atoms with Crippen molar-refractivity contribution in [2.45, 2.75) is 6.18 Å². The molecule has 0 saturated heterocycles. The number of pyridine rings is 1. The summed E-state index contributed by atoms with van der Waals surface area (Å²) < 4.78 is 56.1. The van der Waals surface area contributed by atoms with Crippen LogP contribution in [0.4, 0.5) is 35.0 Å². The summed E-state index contributed by atoms with van der Waals surface area (Å²) in [5.74, 6) is -1.33. The van der Waals surface area contributed by atoms with Gasteiger partial charge in [0.15, 0.2) is 0 Å². The summed E-state index contributed by atoms with van der Waals surface area (Å²) in [4.78, 5) is 24.9. The van der Waals surface area contributed by atoms with Crippen molar-refractivity contribution in [2.75, 3.05) is 50.6 Å². The van der Waals surface area contributed by atoms with E-state index >= 15 is 0 Å². The van der Waals surface area contributed by atoms with Crippen molar-refractivity contribution >= 4 is 28.4 Å². The van der Waals surface area contributed by atoms with E-state index in [4.69, 9.17) is 11.5 Å². The summed E-state index contributed by atoms with van der Waals surface area (Å²) in [6.45, 7) is 1.09. The molecular formula is C19H21F4N7O. The number of rotatable bonds is 5. The highest BCUT2D eigenvalue weighted by Gasteiger charge is 2.37. The lowest BCUT2D eigenvalue weighted by Gasteiger charge is -2.21. The first-order valence-corrected chi connectivity index (χ1v) is 9.12. The molecule has 0 spiro atoms. The van der Waals surface area contributed by atoms with Gasteiger partial charge in [0.25, 0.3) is 5.56 Å². The smallest absolute Gasteiger partial charge is 0.397 e. The van der Waals surface area contributed by atoms with E-state index in [1.807, 2.05) is 19.0 Å². The number of nitrogens with zero attached hydrogens (tertiary/aromatic N) is 5. The van der Waals surface area contributed by atoms with Crippen molar-refractivity contribution in [3.8, 4) is 5.69 Å². The molecule has 0 aliphatic rings. The lowest BCUT2D eigenvalue weighted by atomic mass is 10.2. The third-order valence-electron chi connectivity index (χ3n) is 4.65. The van der Waals surface area contributed by atoms with Gasteiger partial charge < -0.3 is 21.3 Å². The monoisotopic (exact) mass is 439 g/mol. The van der Waals surface area contributed by atoms with E-state index < -0.39 is 28.9 Å². The number of fused-ring (bicyclic) bond motifs is 1. The maximum Gasteiger partial charge on any atom is 0.431 e. The average Bonchev–Trinajstić information content (AvgIpc) is 2.66. The van der Waals surface area contributed by atoms with Gasteiger partial charge in [-0.3, -0.25) is 9.36 Å². The topological polar surface area (TPSA) is 106 Å². The Labute approximate surface area is 174 Å². The number of halogens is 4. The van der Waals surface area contributed by atoms with Crippen LogP contribution in [0.5, 0.6) is 0 Å². The lowest BCUT2D eigenvalue weighted by Crippen LogP contribution is -2.32. The van der Waals surface area contributed by atoms with Gasteiger partial charge >= 0.3 is 6.18 Å². The number of benzene rings is 1. The van der Waals surface area contributed by atoms with Crippen LogP contribution in [-0.2, 0) is 6.18 Å². The van der Waals surface area contributed by atoms with E-state index in [1.54, 1.807) is 11.9 Å². The number of para-hydroxylation sites is 1. The number of nitrogen functional groups attached to an aromatic ring is 2. The number of hydrogen-bond acceptors (Lipinski definition) is 7. The molecule has 2 heterocycles. The summed E-state index contributed by atoms with van der Waals surface area (Å²) in [6, 6.07) is 3.97. The molecule has 0 amide bonds. The van der Waals surface area contributed by atoms with Gasteiger partial charge in [-0.1, -0.05) is 6.07 Å². The summed E-state index contributed by atoms with van der Waals surface area (Å²) in [5.41, 5.74) is 7.52. The molecule has 0 aliphatic heterocycles. The standard InChI is InChI=1S/C19H21F4N7O/c1-28(2)7-8-29(3)18-26-14-10(16(25)27-18)9-13(19(21,22)23)30(17(14)31)15-11(20)5-4-6-12(15)24/h4-6,9H,7-8,24H2,1-3H3,(H2,25,26,27). The SMILES string of the molecule is CN(C)CCN(C)c1nc(N)c2cc(C(F)(F)F)n(-c3c(N)cccc3F)c(=O)c2n1. The summed E-state index contributed by atoms with van der Waals surface area (Å²) in [7, 11) is 5.38. The van der Waals surface area contributed by atoms with Crippen LogP contribution >= 0.6 is 0 Å². The van der Waals surface area contributed by atoms with Gasteiger partial charge in [0.2, 0.25) is 5.95 Å². The van der Waals surface area contributed by atoms with Crippen LogP contribution in [0.1, 0.15) is 5.69 Å². The Balaban J connectivity index is 2.35. The van der Waals surface area contributed by atoms with Crippen molar-refractivity contribution in [1.82, 2.24) is 19.4 Å². The van der Waals surface area contributed by atoms with E-state index in [2.05, 4.69) is 9.97 Å². The number of aromatic nitrogens is 3. The van der Waals surface area contributed by atoms with E-state index in [9.17, 15) is 22.4 Å². The predicted octanol–water partition coefficient (Wildman–Crippen LogP) is 2.10. The quantitative estimate of drug-likeness (QED) is 0.463. The molecule has 0 radical (unpaired) electrons. The van der Waals surface area contributed by atoms with Gasteiger partial charge in [0.1, 0.15) is 28.5 Å². The van der Waals surface area contributed by atoms with Crippen LogP contribution in [0.2, 0.25) is 0 Å². The average molecular weight is 439 g/mol. The van der Waals surface area contributed by atoms with Crippen molar-refractivity contribution in [2.24, 2.45) is 0 Å². The summed E-state index contributed by atoms with van der Waals surface area (Å²) in [6.07, 6.45) is -5.00. The Morgan fingerprint density at radius 3 is 2.35 bits per heavy atom. The van der Waals surface area contributed by atoms with Crippen LogP contribution in [0.15, 0.2) is 29.1 Å². The largest absolute Gasteiger partial charge is 0.431 e. The molecule has 0 unspecified atom stereocenters. The molecule has 8 nitrogen and oxygen atoms in total. The van der Waals surface area contributed by atoms with E-state index in [-0.39, 0.29) is 32.9 Å². The van der Waals surface area contributed by atoms with Gasteiger partial charge in [0, 0.05) is 20.1 Å². The highest BCUT2D eigenvalue weighted by atomic mass is 19.4. The van der Waals surface area contributed by atoms with Crippen LogP contribution in [0.3, 0.4) is 0 Å². The maximum atomic E-state index is 14.5. The second-order valence-electron chi connectivity index (χ2n) is 7.24.